The molecule has 0 aliphatic carbocycles. The molecule has 0 fully saturated rings. The fourth-order valence-electron chi connectivity index (χ4n) is 2.35. The number of methoxy groups -OCH3 is 1. The summed E-state index contributed by atoms with van der Waals surface area (Å²) < 4.78 is 18.6. The van der Waals surface area contributed by atoms with Gasteiger partial charge in [0.25, 0.3) is 0 Å². The number of ether oxygens (including phenoxy) is 1. The number of benzene rings is 2. The van der Waals surface area contributed by atoms with E-state index in [2.05, 4.69) is 12.1 Å². The van der Waals surface area contributed by atoms with E-state index in [0.29, 0.717) is 12.5 Å². The van der Waals surface area contributed by atoms with Gasteiger partial charge in [0.1, 0.15) is 0 Å². The molecule has 1 unspecified atom stereocenters. The highest BCUT2D eigenvalue weighted by molar-refractivity contribution is 5.29. The zero-order chi connectivity index (χ0) is 14.4. The molecular formula is C17H20FNO. The van der Waals surface area contributed by atoms with Gasteiger partial charge in [-0.2, -0.15) is 0 Å². The monoisotopic (exact) mass is 273 g/mol. The second-order valence-corrected chi connectivity index (χ2v) is 4.85. The Morgan fingerprint density at radius 3 is 2.50 bits per heavy atom. The van der Waals surface area contributed by atoms with Crippen LogP contribution < -0.4 is 10.5 Å². The van der Waals surface area contributed by atoms with Gasteiger partial charge in [-0.15, -0.1) is 0 Å². The second kappa shape index (κ2) is 7.06. The van der Waals surface area contributed by atoms with Gasteiger partial charge in [0.05, 0.1) is 7.11 Å². The predicted molar refractivity (Wildman–Crippen MR) is 79.5 cm³/mol. The van der Waals surface area contributed by atoms with Crippen LogP contribution in [0.3, 0.4) is 0 Å². The first-order valence-corrected chi connectivity index (χ1v) is 6.82. The third-order valence-corrected chi connectivity index (χ3v) is 3.55. The Morgan fingerprint density at radius 2 is 1.90 bits per heavy atom. The van der Waals surface area contributed by atoms with Gasteiger partial charge in [-0.3, -0.25) is 0 Å². The fraction of sp³-hybridized carbons (Fsp3) is 0.294. The van der Waals surface area contributed by atoms with Crippen molar-refractivity contribution in [3.8, 4) is 5.75 Å². The van der Waals surface area contributed by atoms with Crippen molar-refractivity contribution in [3.05, 3.63) is 65.5 Å². The quantitative estimate of drug-likeness (QED) is 0.874. The Kier molecular flexibility index (Phi) is 5.13. The van der Waals surface area contributed by atoms with Crippen molar-refractivity contribution >= 4 is 0 Å². The zero-order valence-electron chi connectivity index (χ0n) is 11.7. The smallest absolute Gasteiger partial charge is 0.165 e. The maximum absolute atomic E-state index is 13.6. The maximum Gasteiger partial charge on any atom is 0.165 e. The van der Waals surface area contributed by atoms with Gasteiger partial charge in [-0.25, -0.2) is 4.39 Å². The summed E-state index contributed by atoms with van der Waals surface area (Å²) in [6.45, 7) is 0.600. The Morgan fingerprint density at radius 1 is 1.15 bits per heavy atom. The molecule has 0 radical (unpaired) electrons. The van der Waals surface area contributed by atoms with Crippen LogP contribution in [0, 0.1) is 5.82 Å². The first kappa shape index (κ1) is 14.5. The lowest BCUT2D eigenvalue weighted by Crippen LogP contribution is -2.13. The van der Waals surface area contributed by atoms with E-state index >= 15 is 0 Å². The van der Waals surface area contributed by atoms with E-state index in [1.165, 1.54) is 18.7 Å². The molecule has 0 spiro atoms. The minimum atomic E-state index is -0.311. The minimum Gasteiger partial charge on any atom is -0.494 e. The van der Waals surface area contributed by atoms with Crippen LogP contribution >= 0.6 is 0 Å². The molecule has 2 rings (SSSR count). The van der Waals surface area contributed by atoms with Crippen molar-refractivity contribution in [3.63, 3.8) is 0 Å². The minimum absolute atomic E-state index is 0.284. The number of hydrogen-bond donors (Lipinski definition) is 1. The highest BCUT2D eigenvalue weighted by Crippen LogP contribution is 2.23. The molecule has 2 aromatic carbocycles. The molecule has 0 saturated heterocycles. The number of halogens is 1. The SMILES string of the molecule is COc1ccc(CCC(CN)c2ccccc2)cc1F. The lowest BCUT2D eigenvalue weighted by Gasteiger charge is -2.15. The highest BCUT2D eigenvalue weighted by Gasteiger charge is 2.10. The number of rotatable bonds is 6. The van der Waals surface area contributed by atoms with Crippen LogP contribution in [0.25, 0.3) is 0 Å². The van der Waals surface area contributed by atoms with E-state index in [0.717, 1.165) is 18.4 Å². The van der Waals surface area contributed by atoms with Gasteiger partial charge in [0.15, 0.2) is 11.6 Å². The van der Waals surface area contributed by atoms with Crippen LogP contribution in [0.15, 0.2) is 48.5 Å². The molecule has 0 aliphatic rings. The molecule has 2 aromatic rings. The van der Waals surface area contributed by atoms with E-state index in [4.69, 9.17) is 10.5 Å². The predicted octanol–water partition coefficient (Wildman–Crippen LogP) is 3.51. The summed E-state index contributed by atoms with van der Waals surface area (Å²) in [4.78, 5) is 0. The van der Waals surface area contributed by atoms with E-state index < -0.39 is 0 Å². The van der Waals surface area contributed by atoms with Crippen molar-refractivity contribution in [1.82, 2.24) is 0 Å². The molecule has 0 aliphatic heterocycles. The molecule has 0 aromatic heterocycles. The van der Waals surface area contributed by atoms with Crippen LogP contribution in [-0.2, 0) is 6.42 Å². The first-order valence-electron chi connectivity index (χ1n) is 6.82. The van der Waals surface area contributed by atoms with Crippen LogP contribution in [0.1, 0.15) is 23.5 Å². The average molecular weight is 273 g/mol. The summed E-state index contributed by atoms with van der Waals surface area (Å²) in [6, 6.07) is 15.3. The number of hydrogen-bond acceptors (Lipinski definition) is 2. The largest absolute Gasteiger partial charge is 0.494 e. The fourth-order valence-corrected chi connectivity index (χ4v) is 2.35. The molecule has 106 valence electrons. The van der Waals surface area contributed by atoms with E-state index in [9.17, 15) is 4.39 Å². The Balaban J connectivity index is 2.02. The standard InChI is InChI=1S/C17H20FNO/c1-20-17-10-8-13(11-16(17)18)7-9-15(12-19)14-5-3-2-4-6-14/h2-6,8,10-11,15H,7,9,12,19H2,1H3. The van der Waals surface area contributed by atoms with Gasteiger partial charge in [-0.05, 0) is 48.6 Å². The van der Waals surface area contributed by atoms with Gasteiger partial charge < -0.3 is 10.5 Å². The molecule has 1 atom stereocenters. The Bertz CT molecular complexity index is 542. The molecule has 0 amide bonds. The van der Waals surface area contributed by atoms with Gasteiger partial charge >= 0.3 is 0 Å². The first-order chi connectivity index (χ1) is 9.74. The van der Waals surface area contributed by atoms with Crippen molar-refractivity contribution < 1.29 is 9.13 Å². The van der Waals surface area contributed by atoms with E-state index in [1.807, 2.05) is 24.3 Å². The summed E-state index contributed by atoms with van der Waals surface area (Å²) in [7, 11) is 1.47. The van der Waals surface area contributed by atoms with E-state index in [-0.39, 0.29) is 11.6 Å². The molecule has 20 heavy (non-hydrogen) atoms. The van der Waals surface area contributed by atoms with Gasteiger partial charge in [0.2, 0.25) is 0 Å². The topological polar surface area (TPSA) is 35.2 Å². The third-order valence-electron chi connectivity index (χ3n) is 3.55. The normalized spacial score (nSPS) is 12.2. The van der Waals surface area contributed by atoms with Crippen LogP contribution in [0.5, 0.6) is 5.75 Å². The molecule has 0 heterocycles. The van der Waals surface area contributed by atoms with Crippen LogP contribution in [0.4, 0.5) is 4.39 Å². The Labute approximate surface area is 119 Å². The summed E-state index contributed by atoms with van der Waals surface area (Å²) in [5.41, 5.74) is 8.06. The molecule has 2 N–H and O–H groups in total. The summed E-state index contributed by atoms with van der Waals surface area (Å²) in [5.74, 6) is 0.280. The number of aryl methyl sites for hydroxylation is 1. The van der Waals surface area contributed by atoms with Crippen molar-refractivity contribution in [1.29, 1.82) is 0 Å². The third kappa shape index (κ3) is 3.58. The number of nitrogens with two attached hydrogens (primary N) is 1. The van der Waals surface area contributed by atoms with Crippen molar-refractivity contribution in [2.24, 2.45) is 5.73 Å². The lowest BCUT2D eigenvalue weighted by molar-refractivity contribution is 0.386. The zero-order valence-corrected chi connectivity index (χ0v) is 11.7. The average Bonchev–Trinajstić information content (AvgIpc) is 2.49. The Hall–Kier alpha value is -1.87. The molecule has 3 heteroatoms. The van der Waals surface area contributed by atoms with Crippen LogP contribution in [-0.4, -0.2) is 13.7 Å². The van der Waals surface area contributed by atoms with Gasteiger partial charge in [-0.1, -0.05) is 36.4 Å². The molecule has 2 nitrogen and oxygen atoms in total. The lowest BCUT2D eigenvalue weighted by atomic mass is 9.92. The maximum atomic E-state index is 13.6. The molecular weight excluding hydrogens is 253 g/mol. The van der Waals surface area contributed by atoms with Crippen molar-refractivity contribution in [2.75, 3.05) is 13.7 Å². The van der Waals surface area contributed by atoms with Crippen molar-refractivity contribution in [2.45, 2.75) is 18.8 Å². The van der Waals surface area contributed by atoms with E-state index in [1.54, 1.807) is 6.07 Å². The molecule has 0 saturated carbocycles. The summed E-state index contributed by atoms with van der Waals surface area (Å²) in [6.07, 6.45) is 1.71. The van der Waals surface area contributed by atoms with Crippen LogP contribution in [0.2, 0.25) is 0 Å². The summed E-state index contributed by atoms with van der Waals surface area (Å²) >= 11 is 0. The highest BCUT2D eigenvalue weighted by atomic mass is 19.1. The summed E-state index contributed by atoms with van der Waals surface area (Å²) in [5, 5.41) is 0. The van der Waals surface area contributed by atoms with Gasteiger partial charge in [0, 0.05) is 0 Å². The second-order valence-electron chi connectivity index (χ2n) is 4.85. The molecule has 0 bridgehead atoms.